The van der Waals surface area contributed by atoms with Gasteiger partial charge in [0, 0.05) is 49.8 Å². The molecule has 0 bridgehead atoms. The highest BCUT2D eigenvalue weighted by Crippen LogP contribution is 2.41. The molecule has 3 atom stereocenters. The highest BCUT2D eigenvalue weighted by Gasteiger charge is 2.42. The standard InChI is InChI=1S/C26H33F2NO6S/c1-18-7-8-25(19-5-3-2-4-6-19)36(32,33)29(18)15-20-13-24(28)22(14-23(20)27)26(9-11-34-12-10-26)35-17-21(31)16-30/h2-6,13-14,18,21,25,30-31H,7-12,15-17H2,1H3/t18-,21+,25+/m0/s1. The van der Waals surface area contributed by atoms with Crippen molar-refractivity contribution in [3.63, 3.8) is 0 Å². The second-order valence-electron chi connectivity index (χ2n) is 9.59. The topological polar surface area (TPSA) is 96.3 Å². The van der Waals surface area contributed by atoms with Gasteiger partial charge in [-0.2, -0.15) is 4.31 Å². The smallest absolute Gasteiger partial charge is 0.221 e. The molecule has 0 spiro atoms. The van der Waals surface area contributed by atoms with Gasteiger partial charge in [-0.05, 0) is 37.5 Å². The summed E-state index contributed by atoms with van der Waals surface area (Å²) in [6, 6.07) is 10.7. The third-order valence-corrected chi connectivity index (χ3v) is 9.58. The van der Waals surface area contributed by atoms with E-state index in [0.717, 1.165) is 12.1 Å². The van der Waals surface area contributed by atoms with Crippen molar-refractivity contribution in [3.8, 4) is 0 Å². The van der Waals surface area contributed by atoms with Gasteiger partial charge in [0.15, 0.2) is 0 Å². The molecule has 2 aliphatic rings. The summed E-state index contributed by atoms with van der Waals surface area (Å²) in [5.74, 6) is -1.44. The van der Waals surface area contributed by atoms with Crippen molar-refractivity contribution >= 4 is 10.0 Å². The maximum Gasteiger partial charge on any atom is 0.221 e. The predicted octanol–water partition coefficient (Wildman–Crippen LogP) is 3.40. The second-order valence-corrected chi connectivity index (χ2v) is 11.7. The van der Waals surface area contributed by atoms with Crippen LogP contribution >= 0.6 is 0 Å². The van der Waals surface area contributed by atoms with Crippen LogP contribution in [-0.4, -0.2) is 61.5 Å². The molecule has 0 aromatic heterocycles. The van der Waals surface area contributed by atoms with Crippen molar-refractivity contribution in [2.75, 3.05) is 26.4 Å². The molecule has 0 amide bonds. The Bertz CT molecular complexity index is 1140. The molecule has 2 aliphatic heterocycles. The van der Waals surface area contributed by atoms with Crippen LogP contribution in [0.2, 0.25) is 0 Å². The fourth-order valence-electron chi connectivity index (χ4n) is 5.08. The van der Waals surface area contributed by atoms with E-state index in [2.05, 4.69) is 0 Å². The van der Waals surface area contributed by atoms with E-state index in [0.29, 0.717) is 18.4 Å². The molecule has 0 radical (unpaired) electrons. The van der Waals surface area contributed by atoms with Gasteiger partial charge in [-0.3, -0.25) is 0 Å². The summed E-state index contributed by atoms with van der Waals surface area (Å²) >= 11 is 0. The summed E-state index contributed by atoms with van der Waals surface area (Å²) in [6.45, 7) is 1.26. The molecule has 4 rings (SSSR count). The molecule has 36 heavy (non-hydrogen) atoms. The fraction of sp³-hybridized carbons (Fsp3) is 0.538. The summed E-state index contributed by atoms with van der Waals surface area (Å²) in [6.07, 6.45) is 0.404. The Morgan fingerprint density at radius 1 is 1.14 bits per heavy atom. The third kappa shape index (κ3) is 5.49. The number of benzene rings is 2. The molecule has 10 heteroatoms. The van der Waals surface area contributed by atoms with E-state index in [1.54, 1.807) is 31.2 Å². The Labute approximate surface area is 210 Å². The van der Waals surface area contributed by atoms with E-state index < -0.39 is 45.2 Å². The molecule has 0 unspecified atom stereocenters. The van der Waals surface area contributed by atoms with Crippen LogP contribution < -0.4 is 0 Å². The number of nitrogens with zero attached hydrogens (tertiary/aromatic N) is 1. The van der Waals surface area contributed by atoms with E-state index >= 15 is 8.78 Å². The molecule has 0 saturated carbocycles. The van der Waals surface area contributed by atoms with Gasteiger partial charge in [0.25, 0.3) is 0 Å². The number of ether oxygens (including phenoxy) is 2. The second kappa shape index (κ2) is 11.2. The lowest BCUT2D eigenvalue weighted by Gasteiger charge is -2.39. The number of rotatable bonds is 8. The van der Waals surface area contributed by atoms with E-state index in [4.69, 9.17) is 14.6 Å². The predicted molar refractivity (Wildman–Crippen MR) is 129 cm³/mol. The normalized spacial score (nSPS) is 24.9. The number of sulfonamides is 1. The number of hydrogen-bond donors (Lipinski definition) is 2. The minimum atomic E-state index is -3.81. The molecule has 198 valence electrons. The average Bonchev–Trinajstić information content (AvgIpc) is 2.87. The van der Waals surface area contributed by atoms with Gasteiger partial charge >= 0.3 is 0 Å². The monoisotopic (exact) mass is 525 g/mol. The Hall–Kier alpha value is -1.95. The lowest BCUT2D eigenvalue weighted by atomic mass is 9.85. The molecule has 2 N–H and O–H groups in total. The number of aliphatic hydroxyl groups excluding tert-OH is 2. The first-order valence-electron chi connectivity index (χ1n) is 12.2. The van der Waals surface area contributed by atoms with Gasteiger partial charge < -0.3 is 19.7 Å². The Morgan fingerprint density at radius 3 is 2.50 bits per heavy atom. The van der Waals surface area contributed by atoms with Gasteiger partial charge in [0.2, 0.25) is 10.0 Å². The largest absolute Gasteiger partial charge is 0.394 e. The Balaban J connectivity index is 1.63. The molecule has 2 saturated heterocycles. The zero-order valence-corrected chi connectivity index (χ0v) is 21.1. The van der Waals surface area contributed by atoms with Gasteiger partial charge in [-0.1, -0.05) is 30.3 Å². The first-order chi connectivity index (χ1) is 17.2. The number of hydrogen-bond acceptors (Lipinski definition) is 6. The summed E-state index contributed by atoms with van der Waals surface area (Å²) in [5.41, 5.74) is -0.604. The van der Waals surface area contributed by atoms with E-state index in [1.807, 2.05) is 6.07 Å². The van der Waals surface area contributed by atoms with Gasteiger partial charge in [0.05, 0.1) is 13.2 Å². The SMILES string of the molecule is C[C@H]1CC[C@H](c2ccccc2)S(=O)(=O)N1Cc1cc(F)c(C2(OC[C@H](O)CO)CCOCC2)cc1F. The average molecular weight is 526 g/mol. The number of halogens is 2. The van der Waals surface area contributed by atoms with Crippen molar-refractivity contribution in [2.24, 2.45) is 0 Å². The molecular formula is C26H33F2NO6S. The molecule has 2 aromatic rings. The number of aliphatic hydroxyl groups is 2. The highest BCUT2D eigenvalue weighted by molar-refractivity contribution is 7.89. The summed E-state index contributed by atoms with van der Waals surface area (Å²) < 4.78 is 70.4. The van der Waals surface area contributed by atoms with Crippen LogP contribution in [-0.2, 0) is 31.6 Å². The van der Waals surface area contributed by atoms with Crippen LogP contribution in [0.1, 0.15) is 54.5 Å². The van der Waals surface area contributed by atoms with Crippen LogP contribution in [0.5, 0.6) is 0 Å². The zero-order valence-electron chi connectivity index (χ0n) is 20.3. The quantitative estimate of drug-likeness (QED) is 0.549. The van der Waals surface area contributed by atoms with Crippen molar-refractivity contribution in [1.29, 1.82) is 0 Å². The molecule has 7 nitrogen and oxygen atoms in total. The summed E-state index contributed by atoms with van der Waals surface area (Å²) in [4.78, 5) is 0. The third-order valence-electron chi connectivity index (χ3n) is 7.21. The molecule has 0 aliphatic carbocycles. The first kappa shape index (κ1) is 27.1. The fourth-order valence-corrected chi connectivity index (χ4v) is 7.27. The van der Waals surface area contributed by atoms with Crippen LogP contribution in [0.4, 0.5) is 8.78 Å². The van der Waals surface area contributed by atoms with Gasteiger partial charge in [-0.25, -0.2) is 17.2 Å². The molecule has 2 aromatic carbocycles. The maximum absolute atomic E-state index is 15.5. The highest BCUT2D eigenvalue weighted by atomic mass is 32.2. The maximum atomic E-state index is 15.5. The van der Waals surface area contributed by atoms with E-state index in [1.165, 1.54) is 4.31 Å². The van der Waals surface area contributed by atoms with Crippen molar-refractivity contribution in [2.45, 2.75) is 62.1 Å². The Kier molecular flexibility index (Phi) is 8.43. The van der Waals surface area contributed by atoms with Crippen LogP contribution in [0, 0.1) is 11.6 Å². The van der Waals surface area contributed by atoms with Crippen LogP contribution in [0.15, 0.2) is 42.5 Å². The molecule has 2 heterocycles. The van der Waals surface area contributed by atoms with Crippen LogP contribution in [0.3, 0.4) is 0 Å². The molecular weight excluding hydrogens is 492 g/mol. The lowest BCUT2D eigenvalue weighted by molar-refractivity contribution is -0.141. The van der Waals surface area contributed by atoms with Crippen LogP contribution in [0.25, 0.3) is 0 Å². The lowest BCUT2D eigenvalue weighted by Crippen LogP contribution is -2.45. The summed E-state index contributed by atoms with van der Waals surface area (Å²) in [5, 5.41) is 18.1. The minimum Gasteiger partial charge on any atom is -0.394 e. The van der Waals surface area contributed by atoms with E-state index in [-0.39, 0.29) is 56.4 Å². The van der Waals surface area contributed by atoms with Crippen molar-refractivity contribution in [1.82, 2.24) is 4.31 Å². The molecule has 2 fully saturated rings. The van der Waals surface area contributed by atoms with Gasteiger partial charge in [-0.15, -0.1) is 0 Å². The van der Waals surface area contributed by atoms with Gasteiger partial charge in [0.1, 0.15) is 28.6 Å². The summed E-state index contributed by atoms with van der Waals surface area (Å²) in [7, 11) is -3.81. The first-order valence-corrected chi connectivity index (χ1v) is 13.7. The Morgan fingerprint density at radius 2 is 1.83 bits per heavy atom. The minimum absolute atomic E-state index is 0.00565. The van der Waals surface area contributed by atoms with Crippen molar-refractivity contribution in [3.05, 3.63) is 70.8 Å². The zero-order chi connectivity index (χ0) is 25.9. The van der Waals surface area contributed by atoms with E-state index in [9.17, 15) is 13.5 Å². The van der Waals surface area contributed by atoms with Crippen molar-refractivity contribution < 1.29 is 36.9 Å².